The summed E-state index contributed by atoms with van der Waals surface area (Å²) in [4.78, 5) is 14.8. The number of piperazine rings is 1. The second-order valence-corrected chi connectivity index (χ2v) is 9.87. The molecule has 1 saturated heterocycles. The van der Waals surface area contributed by atoms with Crippen LogP contribution in [0, 0.1) is 0 Å². The fourth-order valence-corrected chi connectivity index (χ4v) is 5.07. The van der Waals surface area contributed by atoms with Gasteiger partial charge in [-0.1, -0.05) is 44.2 Å². The van der Waals surface area contributed by atoms with Crippen molar-refractivity contribution in [1.29, 1.82) is 0 Å². The van der Waals surface area contributed by atoms with Crippen LogP contribution < -0.4 is 0 Å². The number of carbonyl (C=O) groups is 1. The maximum absolute atomic E-state index is 13.0. The summed E-state index contributed by atoms with van der Waals surface area (Å²) in [7, 11) is -3.57. The molecule has 1 aliphatic rings. The highest BCUT2D eigenvalue weighted by Crippen LogP contribution is 2.22. The number of para-hydroxylation sites is 1. The van der Waals surface area contributed by atoms with Gasteiger partial charge >= 0.3 is 0 Å². The van der Waals surface area contributed by atoms with Crippen LogP contribution in [0.5, 0.6) is 0 Å². The highest BCUT2D eigenvalue weighted by molar-refractivity contribution is 7.89. The Kier molecular flexibility index (Phi) is 5.93. The first kappa shape index (κ1) is 21.3. The Morgan fingerprint density at radius 2 is 1.58 bits per heavy atom. The number of aromatic nitrogens is 2. The number of sulfonamides is 1. The van der Waals surface area contributed by atoms with E-state index in [1.54, 1.807) is 34.1 Å². The Hall–Kier alpha value is -2.97. The van der Waals surface area contributed by atoms with Crippen LogP contribution in [-0.4, -0.2) is 59.5 Å². The van der Waals surface area contributed by atoms with Crippen LogP contribution in [0.4, 0.5) is 0 Å². The standard InChI is InChI=1S/C23H26N4O3S/c1-18(2)19-8-10-22(11-9-19)31(29,30)26-14-12-25(13-15-26)23(28)20-16-24-27(17-20)21-6-4-3-5-7-21/h3-11,16-18H,12-15H2,1-2H3. The van der Waals surface area contributed by atoms with Crippen molar-refractivity contribution in [3.63, 3.8) is 0 Å². The predicted octanol–water partition coefficient (Wildman–Crippen LogP) is 3.14. The molecule has 1 aromatic heterocycles. The molecule has 8 heteroatoms. The van der Waals surface area contributed by atoms with Gasteiger partial charge in [0, 0.05) is 32.4 Å². The molecule has 2 aromatic carbocycles. The summed E-state index contributed by atoms with van der Waals surface area (Å²) in [5, 5.41) is 4.28. The maximum atomic E-state index is 13.0. The molecule has 2 heterocycles. The van der Waals surface area contributed by atoms with E-state index in [2.05, 4.69) is 18.9 Å². The molecule has 0 unspecified atom stereocenters. The van der Waals surface area contributed by atoms with Gasteiger partial charge in [-0.15, -0.1) is 0 Å². The minimum Gasteiger partial charge on any atom is -0.336 e. The highest BCUT2D eigenvalue weighted by Gasteiger charge is 2.30. The van der Waals surface area contributed by atoms with E-state index >= 15 is 0 Å². The van der Waals surface area contributed by atoms with Crippen LogP contribution in [0.3, 0.4) is 0 Å². The van der Waals surface area contributed by atoms with E-state index < -0.39 is 10.0 Å². The molecule has 7 nitrogen and oxygen atoms in total. The molecule has 0 aliphatic carbocycles. The average Bonchev–Trinajstić information content (AvgIpc) is 3.30. The number of hydrogen-bond acceptors (Lipinski definition) is 4. The normalized spacial score (nSPS) is 15.4. The first-order valence-corrected chi connectivity index (χ1v) is 11.8. The Balaban J connectivity index is 1.41. The molecule has 162 valence electrons. The molecule has 4 rings (SSSR count). The Bertz CT molecular complexity index is 1150. The molecule has 1 amide bonds. The fourth-order valence-electron chi connectivity index (χ4n) is 3.64. The van der Waals surface area contributed by atoms with Crippen LogP contribution in [-0.2, 0) is 10.0 Å². The monoisotopic (exact) mass is 438 g/mol. The minimum absolute atomic E-state index is 0.138. The molecule has 0 bridgehead atoms. The zero-order valence-electron chi connectivity index (χ0n) is 17.7. The van der Waals surface area contributed by atoms with E-state index in [4.69, 9.17) is 0 Å². The van der Waals surface area contributed by atoms with E-state index in [0.717, 1.165) is 11.3 Å². The third kappa shape index (κ3) is 4.40. The molecule has 31 heavy (non-hydrogen) atoms. The van der Waals surface area contributed by atoms with Crippen molar-refractivity contribution in [2.24, 2.45) is 0 Å². The summed E-state index contributed by atoms with van der Waals surface area (Å²) < 4.78 is 29.1. The van der Waals surface area contributed by atoms with Crippen LogP contribution in [0.15, 0.2) is 71.9 Å². The van der Waals surface area contributed by atoms with Gasteiger partial charge in [0.15, 0.2) is 0 Å². The summed E-state index contributed by atoms with van der Waals surface area (Å²) in [6.07, 6.45) is 3.26. The number of carbonyl (C=O) groups excluding carboxylic acids is 1. The smallest absolute Gasteiger partial charge is 0.257 e. The summed E-state index contributed by atoms with van der Waals surface area (Å²) in [6.45, 7) is 5.38. The topological polar surface area (TPSA) is 75.5 Å². The van der Waals surface area contributed by atoms with E-state index in [1.165, 1.54) is 4.31 Å². The molecule has 1 aliphatic heterocycles. The van der Waals surface area contributed by atoms with E-state index in [-0.39, 0.29) is 19.0 Å². The minimum atomic E-state index is -3.57. The van der Waals surface area contributed by atoms with Gasteiger partial charge in [-0.3, -0.25) is 4.79 Å². The van der Waals surface area contributed by atoms with Crippen molar-refractivity contribution in [3.8, 4) is 5.69 Å². The van der Waals surface area contributed by atoms with Gasteiger partial charge in [0.05, 0.1) is 22.3 Å². The van der Waals surface area contributed by atoms with Crippen molar-refractivity contribution in [1.82, 2.24) is 19.0 Å². The van der Waals surface area contributed by atoms with Crippen LogP contribution in [0.2, 0.25) is 0 Å². The molecule has 0 N–H and O–H groups in total. The average molecular weight is 439 g/mol. The van der Waals surface area contributed by atoms with Crippen molar-refractivity contribution in [3.05, 3.63) is 78.1 Å². The molecular formula is C23H26N4O3S. The van der Waals surface area contributed by atoms with Crippen molar-refractivity contribution in [2.45, 2.75) is 24.7 Å². The summed E-state index contributed by atoms with van der Waals surface area (Å²) in [5.74, 6) is 0.207. The van der Waals surface area contributed by atoms with Crippen LogP contribution in [0.25, 0.3) is 5.69 Å². The number of amides is 1. The van der Waals surface area contributed by atoms with Crippen molar-refractivity contribution in [2.75, 3.05) is 26.2 Å². The fraction of sp³-hybridized carbons (Fsp3) is 0.304. The lowest BCUT2D eigenvalue weighted by Gasteiger charge is -2.33. The zero-order valence-corrected chi connectivity index (χ0v) is 18.5. The van der Waals surface area contributed by atoms with Gasteiger partial charge in [-0.05, 0) is 35.7 Å². The Morgan fingerprint density at radius 1 is 0.935 bits per heavy atom. The van der Waals surface area contributed by atoms with E-state index in [0.29, 0.717) is 29.5 Å². The number of nitrogens with zero attached hydrogens (tertiary/aromatic N) is 4. The Labute approximate surface area is 183 Å². The van der Waals surface area contributed by atoms with E-state index in [1.807, 2.05) is 42.5 Å². The summed E-state index contributed by atoms with van der Waals surface area (Å²) >= 11 is 0. The SMILES string of the molecule is CC(C)c1ccc(S(=O)(=O)N2CCN(C(=O)c3cnn(-c4ccccc4)c3)CC2)cc1. The second-order valence-electron chi connectivity index (χ2n) is 7.93. The largest absolute Gasteiger partial charge is 0.336 e. The summed E-state index contributed by atoms with van der Waals surface area (Å²) in [5.41, 5.74) is 2.47. The number of rotatable bonds is 5. The molecule has 1 fully saturated rings. The van der Waals surface area contributed by atoms with Gasteiger partial charge < -0.3 is 4.90 Å². The van der Waals surface area contributed by atoms with Crippen LogP contribution in [0.1, 0.15) is 35.7 Å². The van der Waals surface area contributed by atoms with Crippen LogP contribution >= 0.6 is 0 Å². The zero-order chi connectivity index (χ0) is 22.0. The third-order valence-electron chi connectivity index (χ3n) is 5.56. The first-order valence-electron chi connectivity index (χ1n) is 10.4. The highest BCUT2D eigenvalue weighted by atomic mass is 32.2. The van der Waals surface area contributed by atoms with E-state index in [9.17, 15) is 13.2 Å². The lowest BCUT2D eigenvalue weighted by atomic mass is 10.0. The van der Waals surface area contributed by atoms with Gasteiger partial charge in [-0.25, -0.2) is 13.1 Å². The van der Waals surface area contributed by atoms with Gasteiger partial charge in [0.25, 0.3) is 5.91 Å². The molecule has 0 radical (unpaired) electrons. The third-order valence-corrected chi connectivity index (χ3v) is 7.47. The molecule has 0 saturated carbocycles. The Morgan fingerprint density at radius 3 is 2.19 bits per heavy atom. The van der Waals surface area contributed by atoms with Gasteiger partial charge in [0.2, 0.25) is 10.0 Å². The van der Waals surface area contributed by atoms with Gasteiger partial charge in [-0.2, -0.15) is 9.40 Å². The van der Waals surface area contributed by atoms with Gasteiger partial charge in [0.1, 0.15) is 0 Å². The molecule has 3 aromatic rings. The predicted molar refractivity (Wildman–Crippen MR) is 119 cm³/mol. The lowest BCUT2D eigenvalue weighted by molar-refractivity contribution is 0.0698. The quantitative estimate of drug-likeness (QED) is 0.613. The molecular weight excluding hydrogens is 412 g/mol. The molecule has 0 spiro atoms. The maximum Gasteiger partial charge on any atom is 0.257 e. The first-order chi connectivity index (χ1) is 14.9. The number of hydrogen-bond donors (Lipinski definition) is 0. The molecule has 0 atom stereocenters. The second kappa shape index (κ2) is 8.64. The van der Waals surface area contributed by atoms with Crippen molar-refractivity contribution < 1.29 is 13.2 Å². The lowest BCUT2D eigenvalue weighted by Crippen LogP contribution is -2.50. The van der Waals surface area contributed by atoms with Crippen molar-refractivity contribution >= 4 is 15.9 Å². The number of benzene rings is 2. The summed E-state index contributed by atoms with van der Waals surface area (Å²) in [6, 6.07) is 16.6.